The van der Waals surface area contributed by atoms with Gasteiger partial charge in [0.05, 0.1) is 0 Å². The molecule has 362 valence electrons. The van der Waals surface area contributed by atoms with Crippen LogP contribution in [0.15, 0.2) is 11.5 Å². The van der Waals surface area contributed by atoms with Gasteiger partial charge >= 0.3 is 17.9 Å². The number of carbonyl (C=O) groups excluding carboxylic acids is 3. The van der Waals surface area contributed by atoms with E-state index in [4.69, 9.17) is 14.2 Å². The molecule has 2 aliphatic heterocycles. The lowest BCUT2D eigenvalue weighted by Crippen LogP contribution is -2.37. The fourth-order valence-electron chi connectivity index (χ4n) is 8.91. The van der Waals surface area contributed by atoms with Crippen LogP contribution in [0.4, 0.5) is 0 Å². The summed E-state index contributed by atoms with van der Waals surface area (Å²) in [6, 6.07) is 0. The van der Waals surface area contributed by atoms with Gasteiger partial charge in [-0.05, 0) is 94.2 Å². The van der Waals surface area contributed by atoms with Crippen LogP contribution in [-0.4, -0.2) is 57.6 Å². The summed E-state index contributed by atoms with van der Waals surface area (Å²) in [5.41, 5.74) is 4.29. The minimum atomic E-state index is -1.42. The second-order valence-corrected chi connectivity index (χ2v) is 19.8. The summed E-state index contributed by atoms with van der Waals surface area (Å²) in [6.07, 6.45) is 27.3. The lowest BCUT2D eigenvalue weighted by Gasteiger charge is -2.38. The number of benzene rings is 1. The van der Waals surface area contributed by atoms with Gasteiger partial charge in [-0.2, -0.15) is 0 Å². The largest absolute Gasteiger partial charge is 0.505 e. The number of ether oxygens (including phenoxy) is 4. The molecule has 63 heavy (non-hydrogen) atoms. The van der Waals surface area contributed by atoms with Gasteiger partial charge in [0, 0.05) is 18.9 Å². The molecule has 1 aromatic carbocycles. The van der Waals surface area contributed by atoms with Crippen molar-refractivity contribution in [3.05, 3.63) is 33.8 Å². The van der Waals surface area contributed by atoms with Gasteiger partial charge in [-0.3, -0.25) is 9.59 Å². The van der Waals surface area contributed by atoms with E-state index in [0.29, 0.717) is 0 Å². The summed E-state index contributed by atoms with van der Waals surface area (Å²) in [4.78, 5) is 34.4. The number of hydrogen-bond acceptors (Lipinski definition) is 10. The van der Waals surface area contributed by atoms with Crippen molar-refractivity contribution < 1.29 is 48.7 Å². The van der Waals surface area contributed by atoms with Gasteiger partial charge in [0.2, 0.25) is 5.76 Å². The van der Waals surface area contributed by atoms with E-state index in [1.165, 1.54) is 128 Å². The van der Waals surface area contributed by atoms with Gasteiger partial charge < -0.3 is 34.3 Å². The number of carbonyl (C=O) groups is 3. The molecule has 0 unspecified atom stereocenters. The van der Waals surface area contributed by atoms with Crippen LogP contribution < -0.4 is 9.47 Å². The van der Waals surface area contributed by atoms with E-state index in [9.17, 15) is 29.7 Å². The number of cyclic esters (lactones) is 1. The predicted octanol–water partition coefficient (Wildman–Crippen LogP) is 13.7. The molecule has 5 atom stereocenters. The first-order chi connectivity index (χ1) is 29.9. The number of esters is 3. The Balaban J connectivity index is 0.000000439. The van der Waals surface area contributed by atoms with Crippen molar-refractivity contribution in [1.29, 1.82) is 0 Å². The monoisotopic (exact) mass is 887 g/mol. The van der Waals surface area contributed by atoms with Crippen LogP contribution in [0.2, 0.25) is 0 Å². The zero-order valence-electron chi connectivity index (χ0n) is 41.5. The highest BCUT2D eigenvalue weighted by Gasteiger charge is 2.40. The van der Waals surface area contributed by atoms with Crippen molar-refractivity contribution in [3.8, 4) is 11.5 Å². The summed E-state index contributed by atoms with van der Waals surface area (Å²) in [6.45, 7) is 21.3. The molecule has 3 rings (SSSR count). The first kappa shape index (κ1) is 55.9. The van der Waals surface area contributed by atoms with Crippen LogP contribution in [0.1, 0.15) is 225 Å². The standard InChI is InChI=1S/C31H52O3.C22H38O7/c1-21(2)13-10-14-22(3)15-11-16-23(4)17-12-19-31(9)20-18-28-26(7)29(33-27(8)32)24(5)25(6)30(28)34-31;1-2-3-4-5-6-7-8-9-10-11-12-13-14-15-18(24)28-16-17(23)21-19(25)20(26)22(27)29-21/h21-23H,10-20H2,1-9H3;17,21,23,25-26H,2-16H2,1H3/t22-,23-,31-;17-,21+/m10/s1. The van der Waals surface area contributed by atoms with Crippen molar-refractivity contribution in [1.82, 2.24) is 0 Å². The summed E-state index contributed by atoms with van der Waals surface area (Å²) in [5.74, 6) is 0.777. The summed E-state index contributed by atoms with van der Waals surface area (Å²) in [7, 11) is 0. The van der Waals surface area contributed by atoms with Crippen LogP contribution in [0.5, 0.6) is 11.5 Å². The molecule has 0 radical (unpaired) electrons. The smallest absolute Gasteiger partial charge is 0.377 e. The number of aliphatic hydroxyl groups is 3. The maximum Gasteiger partial charge on any atom is 0.377 e. The highest BCUT2D eigenvalue weighted by atomic mass is 16.6. The van der Waals surface area contributed by atoms with E-state index in [-0.39, 0.29) is 18.0 Å². The van der Waals surface area contributed by atoms with Crippen LogP contribution in [0.3, 0.4) is 0 Å². The third kappa shape index (κ3) is 21.1. The van der Waals surface area contributed by atoms with Crippen molar-refractivity contribution >= 4 is 17.9 Å². The zero-order valence-corrected chi connectivity index (χ0v) is 41.5. The second-order valence-electron chi connectivity index (χ2n) is 19.8. The number of rotatable bonds is 30. The minimum absolute atomic E-state index is 0.107. The maximum atomic E-state index is 11.7. The molecule has 0 bridgehead atoms. The molecule has 0 fully saturated rings. The average Bonchev–Trinajstić information content (AvgIpc) is 3.49. The van der Waals surface area contributed by atoms with Crippen molar-refractivity contribution in [2.24, 2.45) is 17.8 Å². The Morgan fingerprint density at radius 3 is 1.78 bits per heavy atom. The van der Waals surface area contributed by atoms with Gasteiger partial charge in [-0.25, -0.2) is 4.79 Å². The molecule has 10 nitrogen and oxygen atoms in total. The molecule has 10 heteroatoms. The molecule has 2 aliphatic rings. The molecule has 0 saturated carbocycles. The van der Waals surface area contributed by atoms with E-state index in [0.717, 1.165) is 84.5 Å². The number of aliphatic hydroxyl groups excluding tert-OH is 3. The molecule has 0 aliphatic carbocycles. The van der Waals surface area contributed by atoms with Gasteiger partial charge in [-0.1, -0.05) is 157 Å². The first-order valence-electron chi connectivity index (χ1n) is 25.1. The van der Waals surface area contributed by atoms with E-state index in [2.05, 4.69) is 60.1 Å². The van der Waals surface area contributed by atoms with Crippen molar-refractivity contribution in [3.63, 3.8) is 0 Å². The third-order valence-electron chi connectivity index (χ3n) is 13.3. The summed E-state index contributed by atoms with van der Waals surface area (Å²) >= 11 is 0. The maximum absolute atomic E-state index is 11.7. The third-order valence-corrected chi connectivity index (χ3v) is 13.3. The molecule has 1 aromatic rings. The van der Waals surface area contributed by atoms with Crippen LogP contribution in [-0.2, 0) is 30.3 Å². The Morgan fingerprint density at radius 1 is 0.746 bits per heavy atom. The lowest BCUT2D eigenvalue weighted by molar-refractivity contribution is -0.154. The predicted molar refractivity (Wildman–Crippen MR) is 253 cm³/mol. The minimum Gasteiger partial charge on any atom is -0.505 e. The van der Waals surface area contributed by atoms with E-state index < -0.39 is 42.3 Å². The molecular weight excluding hydrogens is 797 g/mol. The summed E-state index contributed by atoms with van der Waals surface area (Å²) in [5, 5.41) is 28.5. The van der Waals surface area contributed by atoms with Crippen molar-refractivity contribution in [2.75, 3.05) is 6.61 Å². The Labute approximate surface area is 382 Å². The zero-order chi connectivity index (χ0) is 47.0. The normalized spacial score (nSPS) is 18.5. The molecule has 2 heterocycles. The van der Waals surface area contributed by atoms with E-state index in [1.54, 1.807) is 0 Å². The van der Waals surface area contributed by atoms with Crippen molar-refractivity contribution in [2.45, 2.75) is 248 Å². The van der Waals surface area contributed by atoms with E-state index >= 15 is 0 Å². The second kappa shape index (κ2) is 30.0. The molecular formula is C53H90O10. The van der Waals surface area contributed by atoms with Gasteiger partial charge in [0.1, 0.15) is 29.8 Å². The molecule has 0 aromatic heterocycles. The molecule has 0 saturated heterocycles. The Hall–Kier alpha value is -3.27. The topological polar surface area (TPSA) is 149 Å². The highest BCUT2D eigenvalue weighted by molar-refractivity contribution is 5.89. The summed E-state index contributed by atoms with van der Waals surface area (Å²) < 4.78 is 21.8. The molecule has 3 N–H and O–H groups in total. The average molecular weight is 887 g/mol. The molecule has 0 amide bonds. The first-order valence-corrected chi connectivity index (χ1v) is 25.1. The Bertz CT molecular complexity index is 1550. The number of fused-ring (bicyclic) bond motifs is 1. The van der Waals surface area contributed by atoms with Gasteiger partial charge in [0.15, 0.2) is 11.9 Å². The van der Waals surface area contributed by atoms with Crippen LogP contribution in [0.25, 0.3) is 0 Å². The van der Waals surface area contributed by atoms with Gasteiger partial charge in [0.25, 0.3) is 0 Å². The number of hydrogen-bond donors (Lipinski definition) is 3. The number of unbranched alkanes of at least 4 members (excludes halogenated alkanes) is 12. The quantitative estimate of drug-likeness (QED) is 0.0387. The fraction of sp³-hybridized carbons (Fsp3) is 0.792. The highest BCUT2D eigenvalue weighted by Crippen LogP contribution is 2.45. The van der Waals surface area contributed by atoms with Crippen LogP contribution in [0, 0.1) is 38.5 Å². The van der Waals surface area contributed by atoms with Gasteiger partial charge in [-0.15, -0.1) is 0 Å². The fourth-order valence-corrected chi connectivity index (χ4v) is 8.91. The van der Waals surface area contributed by atoms with Crippen LogP contribution >= 0.6 is 0 Å². The van der Waals surface area contributed by atoms with E-state index in [1.807, 2.05) is 6.92 Å². The Morgan fingerprint density at radius 2 is 1.27 bits per heavy atom. The Kier molecular flexibility index (Phi) is 26.6. The molecule has 0 spiro atoms. The SMILES string of the molecule is CC(=O)Oc1c(C)c(C)c2c(c1C)CC[C@@](C)(CCC[C@H](C)CCC[C@H](C)CCCC(C)C)O2.CCCCCCCCCCCCCCCC(=O)OC[C@H](O)[C@H]1OC(=O)C(O)=C1O. The lowest BCUT2D eigenvalue weighted by atomic mass is 9.83.